The monoisotopic (exact) mass is 379 g/mol. The zero-order valence-electron chi connectivity index (χ0n) is 13.9. The van der Waals surface area contributed by atoms with Crippen LogP contribution in [-0.4, -0.2) is 41.0 Å². The normalized spacial score (nSPS) is 11.9. The van der Waals surface area contributed by atoms with Gasteiger partial charge in [0.25, 0.3) is 5.56 Å². The number of hydrogen-bond acceptors (Lipinski definition) is 5. The van der Waals surface area contributed by atoms with E-state index in [1.807, 2.05) is 0 Å². The van der Waals surface area contributed by atoms with Crippen molar-refractivity contribution >= 4 is 40.2 Å². The lowest BCUT2D eigenvalue weighted by Gasteiger charge is -2.16. The summed E-state index contributed by atoms with van der Waals surface area (Å²) in [6, 6.07) is 4.93. The summed E-state index contributed by atoms with van der Waals surface area (Å²) >= 11 is 7.19. The minimum absolute atomic E-state index is 0.154. The van der Waals surface area contributed by atoms with E-state index < -0.39 is 5.25 Å². The van der Waals surface area contributed by atoms with Crippen molar-refractivity contribution in [2.45, 2.75) is 23.9 Å². The van der Waals surface area contributed by atoms with Crippen molar-refractivity contribution in [3.8, 4) is 12.3 Å². The van der Waals surface area contributed by atoms with E-state index in [0.29, 0.717) is 34.2 Å². The number of nitrogens with one attached hydrogen (secondary N) is 1. The molecule has 1 atom stereocenters. The summed E-state index contributed by atoms with van der Waals surface area (Å²) in [5, 5.41) is 3.54. The SMILES string of the molecule is C#CCNC(=O)C(C)Sc1nc2cc(Cl)ccc2c(=O)n1CCOC. The maximum Gasteiger partial charge on any atom is 0.262 e. The number of ether oxygens (including phenoxy) is 1. The van der Waals surface area contributed by atoms with Crippen LogP contribution in [0.5, 0.6) is 0 Å². The topological polar surface area (TPSA) is 73.2 Å². The van der Waals surface area contributed by atoms with E-state index >= 15 is 0 Å². The summed E-state index contributed by atoms with van der Waals surface area (Å²) in [6.07, 6.45) is 5.15. The highest BCUT2D eigenvalue weighted by molar-refractivity contribution is 8.00. The number of carbonyl (C=O) groups excluding carboxylic acids is 1. The Morgan fingerprint density at radius 2 is 2.32 bits per heavy atom. The van der Waals surface area contributed by atoms with Crippen LogP contribution in [0.25, 0.3) is 10.9 Å². The second-order valence-corrected chi connectivity index (χ2v) is 6.93. The third kappa shape index (κ3) is 4.75. The van der Waals surface area contributed by atoms with Crippen LogP contribution in [-0.2, 0) is 16.1 Å². The first-order chi connectivity index (χ1) is 12.0. The number of carbonyl (C=O) groups is 1. The molecule has 132 valence electrons. The van der Waals surface area contributed by atoms with E-state index in [2.05, 4.69) is 16.2 Å². The first-order valence-electron chi connectivity index (χ1n) is 7.54. The van der Waals surface area contributed by atoms with Crippen molar-refractivity contribution in [3.63, 3.8) is 0 Å². The third-order valence-corrected chi connectivity index (χ3v) is 4.74. The van der Waals surface area contributed by atoms with E-state index in [9.17, 15) is 9.59 Å². The number of thioether (sulfide) groups is 1. The quantitative estimate of drug-likeness (QED) is 0.452. The average molecular weight is 380 g/mol. The van der Waals surface area contributed by atoms with Crippen molar-refractivity contribution in [2.24, 2.45) is 0 Å². The molecule has 2 rings (SSSR count). The molecule has 0 saturated heterocycles. The van der Waals surface area contributed by atoms with Crippen molar-refractivity contribution in [2.75, 3.05) is 20.3 Å². The van der Waals surface area contributed by atoms with E-state index in [0.717, 1.165) is 0 Å². The molecule has 6 nitrogen and oxygen atoms in total. The minimum Gasteiger partial charge on any atom is -0.383 e. The third-order valence-electron chi connectivity index (χ3n) is 3.42. The number of terminal acetylenes is 1. The molecule has 1 amide bonds. The summed E-state index contributed by atoms with van der Waals surface area (Å²) in [4.78, 5) is 29.3. The molecule has 8 heteroatoms. The number of benzene rings is 1. The maximum atomic E-state index is 12.8. The summed E-state index contributed by atoms with van der Waals surface area (Å²) in [7, 11) is 1.56. The van der Waals surface area contributed by atoms with Gasteiger partial charge in [0, 0.05) is 12.1 Å². The smallest absolute Gasteiger partial charge is 0.262 e. The molecule has 0 aliphatic heterocycles. The predicted molar refractivity (Wildman–Crippen MR) is 100 cm³/mol. The molecule has 25 heavy (non-hydrogen) atoms. The Kier molecular flexibility index (Phi) is 6.88. The molecule has 1 N–H and O–H groups in total. The Morgan fingerprint density at radius 3 is 3.00 bits per heavy atom. The van der Waals surface area contributed by atoms with Gasteiger partial charge in [-0.05, 0) is 25.1 Å². The van der Waals surface area contributed by atoms with Gasteiger partial charge < -0.3 is 10.1 Å². The number of fused-ring (bicyclic) bond motifs is 1. The molecule has 0 aliphatic rings. The van der Waals surface area contributed by atoms with Gasteiger partial charge >= 0.3 is 0 Å². The summed E-state index contributed by atoms with van der Waals surface area (Å²) < 4.78 is 6.58. The fourth-order valence-electron chi connectivity index (χ4n) is 2.14. The van der Waals surface area contributed by atoms with E-state index in [1.54, 1.807) is 32.2 Å². The molecule has 0 radical (unpaired) electrons. The lowest BCUT2D eigenvalue weighted by Crippen LogP contribution is -2.32. The van der Waals surface area contributed by atoms with Crippen LogP contribution in [0.15, 0.2) is 28.2 Å². The lowest BCUT2D eigenvalue weighted by atomic mass is 10.2. The molecule has 1 heterocycles. The Bertz CT molecular complexity index is 876. The van der Waals surface area contributed by atoms with Gasteiger partial charge in [0.1, 0.15) is 0 Å². The van der Waals surface area contributed by atoms with Crippen LogP contribution in [0, 0.1) is 12.3 Å². The molecule has 1 aromatic carbocycles. The highest BCUT2D eigenvalue weighted by Gasteiger charge is 2.19. The van der Waals surface area contributed by atoms with Gasteiger partial charge in [-0.1, -0.05) is 29.3 Å². The Labute approximate surface area is 154 Å². The van der Waals surface area contributed by atoms with Crippen molar-refractivity contribution in [1.29, 1.82) is 0 Å². The van der Waals surface area contributed by atoms with Gasteiger partial charge in [-0.15, -0.1) is 6.42 Å². The predicted octanol–water partition coefficient (Wildman–Crippen LogP) is 1.93. The number of hydrogen-bond donors (Lipinski definition) is 1. The second kappa shape index (κ2) is 8.90. The number of methoxy groups -OCH3 is 1. The molecule has 0 saturated carbocycles. The first-order valence-corrected chi connectivity index (χ1v) is 8.80. The number of nitrogens with zero attached hydrogens (tertiary/aromatic N) is 2. The van der Waals surface area contributed by atoms with Crippen molar-refractivity contribution in [3.05, 3.63) is 33.6 Å². The highest BCUT2D eigenvalue weighted by atomic mass is 35.5. The van der Waals surface area contributed by atoms with Gasteiger partial charge in [0.2, 0.25) is 5.91 Å². The van der Waals surface area contributed by atoms with Crippen LogP contribution in [0.3, 0.4) is 0 Å². The van der Waals surface area contributed by atoms with Crippen LogP contribution in [0.1, 0.15) is 6.92 Å². The fraction of sp³-hybridized carbons (Fsp3) is 0.353. The van der Waals surface area contributed by atoms with Crippen LogP contribution >= 0.6 is 23.4 Å². The minimum atomic E-state index is -0.467. The molecule has 2 aromatic rings. The van der Waals surface area contributed by atoms with Crippen molar-refractivity contribution in [1.82, 2.24) is 14.9 Å². The molecular weight excluding hydrogens is 362 g/mol. The molecular formula is C17H18ClN3O3S. The molecule has 0 bridgehead atoms. The first kappa shape index (κ1) is 19.3. The average Bonchev–Trinajstić information content (AvgIpc) is 2.59. The zero-order chi connectivity index (χ0) is 18.4. The van der Waals surface area contributed by atoms with Gasteiger partial charge in [-0.3, -0.25) is 14.2 Å². The van der Waals surface area contributed by atoms with E-state index in [-0.39, 0.29) is 18.0 Å². The Morgan fingerprint density at radius 1 is 1.56 bits per heavy atom. The van der Waals surface area contributed by atoms with E-state index in [1.165, 1.54) is 16.3 Å². The highest BCUT2D eigenvalue weighted by Crippen LogP contribution is 2.24. The Balaban J connectivity index is 2.43. The zero-order valence-corrected chi connectivity index (χ0v) is 15.5. The molecule has 0 fully saturated rings. The number of amides is 1. The molecule has 1 unspecified atom stereocenters. The number of halogens is 1. The van der Waals surface area contributed by atoms with Gasteiger partial charge in [0.15, 0.2) is 5.16 Å². The van der Waals surface area contributed by atoms with Crippen LogP contribution < -0.4 is 10.9 Å². The summed E-state index contributed by atoms with van der Waals surface area (Å²) in [5.41, 5.74) is 0.294. The standard InChI is InChI=1S/C17H18ClN3O3S/c1-4-7-19-15(22)11(2)25-17-20-14-10-12(18)5-6-13(14)16(23)21(17)8-9-24-3/h1,5-6,10-11H,7-9H2,2-3H3,(H,19,22). The molecule has 0 spiro atoms. The summed E-state index contributed by atoms with van der Waals surface area (Å²) in [5.74, 6) is 2.13. The molecule has 1 aromatic heterocycles. The lowest BCUT2D eigenvalue weighted by molar-refractivity contribution is -0.120. The number of rotatable bonds is 7. The Hall–Kier alpha value is -2.01. The maximum absolute atomic E-state index is 12.8. The summed E-state index contributed by atoms with van der Waals surface area (Å²) in [6.45, 7) is 2.57. The fourth-order valence-corrected chi connectivity index (χ4v) is 3.26. The van der Waals surface area contributed by atoms with Gasteiger partial charge in [-0.25, -0.2) is 4.98 Å². The van der Waals surface area contributed by atoms with Gasteiger partial charge in [-0.2, -0.15) is 0 Å². The number of aromatic nitrogens is 2. The molecule has 0 aliphatic carbocycles. The van der Waals surface area contributed by atoms with Gasteiger partial charge in [0.05, 0.1) is 35.8 Å². The van der Waals surface area contributed by atoms with Crippen LogP contribution in [0.2, 0.25) is 5.02 Å². The van der Waals surface area contributed by atoms with Crippen LogP contribution in [0.4, 0.5) is 0 Å². The second-order valence-electron chi connectivity index (χ2n) is 5.19. The van der Waals surface area contributed by atoms with Crippen molar-refractivity contribution < 1.29 is 9.53 Å². The van der Waals surface area contributed by atoms with E-state index in [4.69, 9.17) is 22.8 Å². The largest absolute Gasteiger partial charge is 0.383 e.